The molecule has 0 bridgehead atoms. The van der Waals surface area contributed by atoms with E-state index in [1.165, 1.54) is 16.9 Å². The standard InChI is InChI=1S/C22H25N3O2S/c1-2-17(16-7-4-3-5-8-16)19-9-6-12-25(19)20(26)10-13-24-15-23-21-18(22(24)27)11-14-28-21/h3-5,7-8,11,14-15,17,19H,2,6,9-10,12-13H2,1H3/t17-,19+/m1/s1. The Kier molecular flexibility index (Phi) is 5.57. The van der Waals surface area contributed by atoms with E-state index < -0.39 is 0 Å². The van der Waals surface area contributed by atoms with Gasteiger partial charge >= 0.3 is 0 Å². The SMILES string of the molecule is CC[C@H](c1ccccc1)[C@@H]1CCCN1C(=O)CCn1cnc2sccc2c1=O. The lowest BCUT2D eigenvalue weighted by Gasteiger charge is -2.32. The number of hydrogen-bond acceptors (Lipinski definition) is 4. The first-order chi connectivity index (χ1) is 13.7. The summed E-state index contributed by atoms with van der Waals surface area (Å²) < 4.78 is 1.56. The molecule has 0 unspecified atom stereocenters. The second-order valence-corrected chi connectivity index (χ2v) is 8.25. The third-order valence-electron chi connectivity index (χ3n) is 5.77. The van der Waals surface area contributed by atoms with E-state index in [0.717, 1.165) is 30.6 Å². The molecule has 0 radical (unpaired) electrons. The summed E-state index contributed by atoms with van der Waals surface area (Å²) in [4.78, 5) is 32.7. The van der Waals surface area contributed by atoms with Crippen LogP contribution >= 0.6 is 11.3 Å². The highest BCUT2D eigenvalue weighted by Gasteiger charge is 2.34. The number of amides is 1. The Labute approximate surface area is 168 Å². The summed E-state index contributed by atoms with van der Waals surface area (Å²) in [6.45, 7) is 3.38. The fraction of sp³-hybridized carbons (Fsp3) is 0.409. The highest BCUT2D eigenvalue weighted by atomic mass is 32.1. The Hall–Kier alpha value is -2.47. The molecular weight excluding hydrogens is 370 g/mol. The van der Waals surface area contributed by atoms with Crippen molar-refractivity contribution < 1.29 is 4.79 Å². The summed E-state index contributed by atoms with van der Waals surface area (Å²) in [7, 11) is 0. The largest absolute Gasteiger partial charge is 0.339 e. The molecule has 146 valence electrons. The first-order valence-electron chi connectivity index (χ1n) is 9.96. The molecule has 0 N–H and O–H groups in total. The van der Waals surface area contributed by atoms with Crippen molar-refractivity contribution >= 4 is 27.5 Å². The molecule has 3 aromatic rings. The van der Waals surface area contributed by atoms with Crippen molar-refractivity contribution in [3.8, 4) is 0 Å². The van der Waals surface area contributed by atoms with E-state index in [-0.39, 0.29) is 17.5 Å². The number of carbonyl (C=O) groups excluding carboxylic acids is 1. The average Bonchev–Trinajstić information content (AvgIpc) is 3.39. The summed E-state index contributed by atoms with van der Waals surface area (Å²) in [5.41, 5.74) is 1.24. The van der Waals surface area contributed by atoms with Crippen LogP contribution in [0.4, 0.5) is 0 Å². The molecule has 1 aliphatic heterocycles. The molecule has 2 atom stereocenters. The second-order valence-electron chi connectivity index (χ2n) is 7.35. The zero-order chi connectivity index (χ0) is 19.5. The molecule has 1 aliphatic rings. The van der Waals surface area contributed by atoms with Crippen LogP contribution in [0.2, 0.25) is 0 Å². The van der Waals surface area contributed by atoms with Crippen molar-refractivity contribution in [2.24, 2.45) is 0 Å². The molecule has 1 saturated heterocycles. The van der Waals surface area contributed by atoms with Crippen LogP contribution in [0.1, 0.15) is 44.1 Å². The average molecular weight is 396 g/mol. The number of nitrogens with zero attached hydrogens (tertiary/aromatic N) is 3. The zero-order valence-corrected chi connectivity index (χ0v) is 16.9. The number of aromatic nitrogens is 2. The van der Waals surface area contributed by atoms with Crippen molar-refractivity contribution in [1.82, 2.24) is 14.5 Å². The molecular formula is C22H25N3O2S. The van der Waals surface area contributed by atoms with Crippen LogP contribution in [-0.2, 0) is 11.3 Å². The minimum atomic E-state index is -0.0623. The smallest absolute Gasteiger partial charge is 0.262 e. The van der Waals surface area contributed by atoms with Crippen LogP contribution in [0.5, 0.6) is 0 Å². The van der Waals surface area contributed by atoms with Gasteiger partial charge in [-0.25, -0.2) is 4.98 Å². The highest BCUT2D eigenvalue weighted by Crippen LogP contribution is 2.33. The molecule has 0 spiro atoms. The fourth-order valence-electron chi connectivity index (χ4n) is 4.36. The lowest BCUT2D eigenvalue weighted by molar-refractivity contribution is -0.132. The molecule has 1 amide bonds. The van der Waals surface area contributed by atoms with Crippen molar-refractivity contribution in [3.63, 3.8) is 0 Å². The lowest BCUT2D eigenvalue weighted by Crippen LogP contribution is -2.39. The van der Waals surface area contributed by atoms with Gasteiger partial charge in [-0.1, -0.05) is 37.3 Å². The first kappa shape index (κ1) is 18.9. The van der Waals surface area contributed by atoms with Crippen molar-refractivity contribution in [3.05, 3.63) is 64.0 Å². The van der Waals surface area contributed by atoms with Crippen molar-refractivity contribution in [2.75, 3.05) is 6.54 Å². The topological polar surface area (TPSA) is 55.2 Å². The van der Waals surface area contributed by atoms with Crippen LogP contribution in [0.25, 0.3) is 10.2 Å². The summed E-state index contributed by atoms with van der Waals surface area (Å²) in [5.74, 6) is 0.494. The van der Waals surface area contributed by atoms with Crippen LogP contribution < -0.4 is 5.56 Å². The lowest BCUT2D eigenvalue weighted by atomic mass is 9.87. The van der Waals surface area contributed by atoms with Gasteiger partial charge in [0.1, 0.15) is 4.83 Å². The van der Waals surface area contributed by atoms with Crippen LogP contribution in [-0.4, -0.2) is 32.9 Å². The third kappa shape index (κ3) is 3.61. The molecule has 1 fully saturated rings. The number of rotatable bonds is 6. The van der Waals surface area contributed by atoms with Gasteiger partial charge in [0.2, 0.25) is 5.91 Å². The Balaban J connectivity index is 1.47. The predicted molar refractivity (Wildman–Crippen MR) is 113 cm³/mol. The first-order valence-corrected chi connectivity index (χ1v) is 10.8. The number of aryl methyl sites for hydroxylation is 1. The second kappa shape index (κ2) is 8.27. The van der Waals surface area contributed by atoms with Gasteiger partial charge in [-0.3, -0.25) is 14.2 Å². The van der Waals surface area contributed by atoms with Crippen molar-refractivity contribution in [1.29, 1.82) is 0 Å². The van der Waals surface area contributed by atoms with E-state index in [4.69, 9.17) is 0 Å². The number of thiophene rings is 1. The normalized spacial score (nSPS) is 17.9. The minimum absolute atomic E-state index is 0.0623. The van der Waals surface area contributed by atoms with E-state index in [0.29, 0.717) is 24.3 Å². The quantitative estimate of drug-likeness (QED) is 0.633. The van der Waals surface area contributed by atoms with E-state index in [1.807, 2.05) is 16.3 Å². The maximum absolute atomic E-state index is 13.0. The molecule has 3 heterocycles. The monoisotopic (exact) mass is 395 g/mol. The van der Waals surface area contributed by atoms with E-state index in [1.54, 1.807) is 17.0 Å². The summed E-state index contributed by atoms with van der Waals surface area (Å²) in [6, 6.07) is 12.5. The summed E-state index contributed by atoms with van der Waals surface area (Å²) >= 11 is 1.46. The Morgan fingerprint density at radius 2 is 2.11 bits per heavy atom. The number of benzene rings is 1. The van der Waals surface area contributed by atoms with E-state index >= 15 is 0 Å². The molecule has 5 nitrogen and oxygen atoms in total. The third-order valence-corrected chi connectivity index (χ3v) is 6.59. The minimum Gasteiger partial charge on any atom is -0.339 e. The Morgan fingerprint density at radius 1 is 1.29 bits per heavy atom. The Bertz CT molecular complexity index is 1010. The molecule has 4 rings (SSSR count). The maximum atomic E-state index is 13.0. The van der Waals surface area contributed by atoms with Gasteiger partial charge in [-0.2, -0.15) is 0 Å². The molecule has 28 heavy (non-hydrogen) atoms. The van der Waals surface area contributed by atoms with Gasteiger partial charge in [-0.05, 0) is 36.3 Å². The van der Waals surface area contributed by atoms with Crippen LogP contribution in [0, 0.1) is 0 Å². The van der Waals surface area contributed by atoms with E-state index in [9.17, 15) is 9.59 Å². The summed E-state index contributed by atoms with van der Waals surface area (Å²) in [6.07, 6.45) is 4.99. The molecule has 1 aromatic carbocycles. The number of fused-ring (bicyclic) bond motifs is 1. The zero-order valence-electron chi connectivity index (χ0n) is 16.1. The molecule has 0 aliphatic carbocycles. The van der Waals surface area contributed by atoms with Gasteiger partial charge in [0, 0.05) is 31.5 Å². The predicted octanol–water partition coefficient (Wildman–Crippen LogP) is 4.03. The van der Waals surface area contributed by atoms with Gasteiger partial charge in [0.25, 0.3) is 5.56 Å². The number of hydrogen-bond donors (Lipinski definition) is 0. The van der Waals surface area contributed by atoms with Crippen molar-refractivity contribution in [2.45, 2.75) is 51.1 Å². The maximum Gasteiger partial charge on any atom is 0.262 e. The number of carbonyl (C=O) groups is 1. The van der Waals surface area contributed by atoms with Gasteiger partial charge in [0.05, 0.1) is 11.7 Å². The Morgan fingerprint density at radius 3 is 2.89 bits per heavy atom. The molecule has 6 heteroatoms. The highest BCUT2D eigenvalue weighted by molar-refractivity contribution is 7.16. The van der Waals surface area contributed by atoms with Gasteiger partial charge in [-0.15, -0.1) is 11.3 Å². The van der Waals surface area contributed by atoms with Crippen LogP contribution in [0.3, 0.4) is 0 Å². The fourth-order valence-corrected chi connectivity index (χ4v) is 5.09. The van der Waals surface area contributed by atoms with Gasteiger partial charge < -0.3 is 4.90 Å². The van der Waals surface area contributed by atoms with E-state index in [2.05, 4.69) is 36.2 Å². The molecule has 2 aromatic heterocycles. The summed E-state index contributed by atoms with van der Waals surface area (Å²) in [5, 5.41) is 2.51. The molecule has 0 saturated carbocycles. The van der Waals surface area contributed by atoms with Crippen LogP contribution in [0.15, 0.2) is 52.9 Å². The van der Waals surface area contributed by atoms with Gasteiger partial charge in [0.15, 0.2) is 0 Å². The number of likely N-dealkylation sites (tertiary alicyclic amines) is 1.